The maximum Gasteiger partial charge on any atom is 0.164 e. The average Bonchev–Trinajstić information content (AvgIpc) is 2.72. The molecule has 3 rings (SSSR count). The molecule has 0 N–H and O–H groups in total. The molecule has 3 aromatic carbocycles. The first-order valence-corrected chi connectivity index (χ1v) is 9.30. The van der Waals surface area contributed by atoms with Gasteiger partial charge in [-0.25, -0.2) is 0 Å². The number of rotatable bonds is 6. The van der Waals surface area contributed by atoms with Crippen LogP contribution in [0, 0.1) is 3.57 Å². The van der Waals surface area contributed by atoms with Crippen LogP contribution in [-0.2, 0) is 0 Å². The summed E-state index contributed by atoms with van der Waals surface area (Å²) in [6.07, 6.45) is 0. The van der Waals surface area contributed by atoms with Gasteiger partial charge < -0.3 is 23.7 Å². The Morgan fingerprint density at radius 3 is 1.67 bits per heavy atom. The number of hydrogen-bond acceptors (Lipinski definition) is 5. The molecule has 0 amide bonds. The van der Waals surface area contributed by atoms with Gasteiger partial charge in [-0.05, 0) is 57.1 Å². The van der Waals surface area contributed by atoms with Gasteiger partial charge in [-0.1, -0.05) is 12.1 Å². The molecule has 0 saturated heterocycles. The van der Waals surface area contributed by atoms with Crippen molar-refractivity contribution in [2.24, 2.45) is 0 Å². The van der Waals surface area contributed by atoms with E-state index in [-0.39, 0.29) is 0 Å². The van der Waals surface area contributed by atoms with E-state index in [9.17, 15) is 0 Å². The summed E-state index contributed by atoms with van der Waals surface area (Å²) in [7, 11) is 8.15. The zero-order chi connectivity index (χ0) is 19.6. The van der Waals surface area contributed by atoms with E-state index in [1.165, 1.54) is 0 Å². The van der Waals surface area contributed by atoms with E-state index in [2.05, 4.69) is 34.7 Å². The summed E-state index contributed by atoms with van der Waals surface area (Å²) in [6.45, 7) is 0. The summed E-state index contributed by atoms with van der Waals surface area (Å²) in [5.74, 6) is 3.39. The Kier molecular flexibility index (Phi) is 5.84. The lowest BCUT2D eigenvalue weighted by atomic mass is 9.99. The number of ether oxygens (including phenoxy) is 5. The van der Waals surface area contributed by atoms with Crippen molar-refractivity contribution >= 4 is 33.4 Å². The fraction of sp³-hybridized carbons (Fsp3) is 0.238. The SMILES string of the molecule is COc1cc(OC)c(-c2ccc3cc(OC)c(OC)cc3c2I)cc1OC. The van der Waals surface area contributed by atoms with Crippen LogP contribution in [0.25, 0.3) is 21.9 Å². The van der Waals surface area contributed by atoms with Crippen LogP contribution in [0.2, 0.25) is 0 Å². The summed E-state index contributed by atoms with van der Waals surface area (Å²) in [4.78, 5) is 0. The zero-order valence-electron chi connectivity index (χ0n) is 15.9. The number of halogens is 1. The molecule has 5 nitrogen and oxygen atoms in total. The number of hydrogen-bond donors (Lipinski definition) is 0. The van der Waals surface area contributed by atoms with Gasteiger partial charge in [-0.15, -0.1) is 0 Å². The van der Waals surface area contributed by atoms with Crippen molar-refractivity contribution in [3.05, 3.63) is 40.0 Å². The Morgan fingerprint density at radius 1 is 0.556 bits per heavy atom. The van der Waals surface area contributed by atoms with E-state index in [0.717, 1.165) is 25.5 Å². The van der Waals surface area contributed by atoms with Crippen molar-refractivity contribution in [3.63, 3.8) is 0 Å². The summed E-state index contributed by atoms with van der Waals surface area (Å²) in [5, 5.41) is 2.14. The molecule has 0 unspecified atom stereocenters. The third kappa shape index (κ3) is 3.45. The highest BCUT2D eigenvalue weighted by molar-refractivity contribution is 14.1. The number of fused-ring (bicyclic) bond motifs is 1. The van der Waals surface area contributed by atoms with Crippen LogP contribution in [0.3, 0.4) is 0 Å². The highest BCUT2D eigenvalue weighted by Gasteiger charge is 2.18. The van der Waals surface area contributed by atoms with Crippen LogP contribution in [0.4, 0.5) is 0 Å². The smallest absolute Gasteiger partial charge is 0.164 e. The predicted octanol–water partition coefficient (Wildman–Crippen LogP) is 5.15. The summed E-state index contributed by atoms with van der Waals surface area (Å²) < 4.78 is 28.4. The second-order valence-electron chi connectivity index (χ2n) is 5.76. The second-order valence-corrected chi connectivity index (χ2v) is 6.84. The van der Waals surface area contributed by atoms with E-state index in [0.29, 0.717) is 28.7 Å². The third-order valence-corrected chi connectivity index (χ3v) is 5.62. The molecule has 3 aromatic rings. The summed E-state index contributed by atoms with van der Waals surface area (Å²) in [6, 6.07) is 11.9. The molecule has 0 heterocycles. The molecule has 0 radical (unpaired) electrons. The molecule has 0 atom stereocenters. The average molecular weight is 480 g/mol. The fourth-order valence-corrected chi connectivity index (χ4v) is 4.00. The lowest BCUT2D eigenvalue weighted by molar-refractivity contribution is 0.349. The Balaban J connectivity index is 2.27. The van der Waals surface area contributed by atoms with Crippen molar-refractivity contribution in [3.8, 4) is 39.9 Å². The monoisotopic (exact) mass is 480 g/mol. The molecular weight excluding hydrogens is 459 g/mol. The molecule has 27 heavy (non-hydrogen) atoms. The first-order valence-electron chi connectivity index (χ1n) is 8.22. The molecule has 6 heteroatoms. The van der Waals surface area contributed by atoms with Crippen molar-refractivity contribution < 1.29 is 23.7 Å². The van der Waals surface area contributed by atoms with Crippen molar-refractivity contribution in [1.29, 1.82) is 0 Å². The fourth-order valence-electron chi connectivity index (χ4n) is 3.06. The lowest BCUT2D eigenvalue weighted by Gasteiger charge is -2.17. The van der Waals surface area contributed by atoms with Gasteiger partial charge >= 0.3 is 0 Å². The predicted molar refractivity (Wildman–Crippen MR) is 115 cm³/mol. The highest BCUT2D eigenvalue weighted by Crippen LogP contribution is 2.44. The molecule has 142 valence electrons. The minimum Gasteiger partial charge on any atom is -0.496 e. The number of methoxy groups -OCH3 is 5. The van der Waals surface area contributed by atoms with Crippen LogP contribution in [-0.4, -0.2) is 35.5 Å². The molecule has 0 bridgehead atoms. The van der Waals surface area contributed by atoms with Crippen LogP contribution >= 0.6 is 22.6 Å². The van der Waals surface area contributed by atoms with Crippen LogP contribution in [0.15, 0.2) is 36.4 Å². The molecule has 0 fully saturated rings. The standard InChI is InChI=1S/C21H21IO5/c1-23-16-11-20(27-5)19(26-4)10-15(16)13-7-6-12-8-17(24-2)18(25-3)9-14(12)21(13)22/h6-11H,1-5H3. The minimum absolute atomic E-state index is 0.625. The van der Waals surface area contributed by atoms with Gasteiger partial charge in [0.1, 0.15) is 5.75 Å². The topological polar surface area (TPSA) is 46.2 Å². The van der Waals surface area contributed by atoms with Crippen molar-refractivity contribution in [2.45, 2.75) is 0 Å². The van der Waals surface area contributed by atoms with Gasteiger partial charge in [-0.3, -0.25) is 0 Å². The first-order chi connectivity index (χ1) is 13.1. The van der Waals surface area contributed by atoms with Gasteiger partial charge in [0.25, 0.3) is 0 Å². The molecule has 0 aliphatic heterocycles. The van der Waals surface area contributed by atoms with E-state index in [1.807, 2.05) is 24.3 Å². The molecular formula is C21H21IO5. The molecule has 0 aliphatic rings. The molecule has 0 aliphatic carbocycles. The Hall–Kier alpha value is -2.35. The zero-order valence-corrected chi connectivity index (χ0v) is 18.0. The molecule has 0 spiro atoms. The van der Waals surface area contributed by atoms with Crippen molar-refractivity contribution in [1.82, 2.24) is 0 Å². The molecule has 0 saturated carbocycles. The van der Waals surface area contributed by atoms with E-state index >= 15 is 0 Å². The van der Waals surface area contributed by atoms with Crippen LogP contribution in [0.5, 0.6) is 28.7 Å². The summed E-state index contributed by atoms with van der Waals surface area (Å²) >= 11 is 2.35. The maximum absolute atomic E-state index is 5.61. The Bertz CT molecular complexity index is 984. The number of benzene rings is 3. The van der Waals surface area contributed by atoms with Crippen LogP contribution < -0.4 is 23.7 Å². The highest BCUT2D eigenvalue weighted by atomic mass is 127. The largest absolute Gasteiger partial charge is 0.496 e. The Labute approximate surface area is 172 Å². The van der Waals surface area contributed by atoms with Crippen LogP contribution in [0.1, 0.15) is 0 Å². The van der Waals surface area contributed by atoms with Gasteiger partial charge in [0.15, 0.2) is 23.0 Å². The van der Waals surface area contributed by atoms with Crippen molar-refractivity contribution in [2.75, 3.05) is 35.5 Å². The molecule has 0 aromatic heterocycles. The quantitative estimate of drug-likeness (QED) is 0.457. The van der Waals surface area contributed by atoms with Gasteiger partial charge in [-0.2, -0.15) is 0 Å². The Morgan fingerprint density at radius 2 is 1.07 bits per heavy atom. The van der Waals surface area contributed by atoms with Gasteiger partial charge in [0.05, 0.1) is 35.5 Å². The first kappa shape index (κ1) is 19.4. The third-order valence-electron chi connectivity index (χ3n) is 4.45. The summed E-state index contributed by atoms with van der Waals surface area (Å²) in [5.41, 5.74) is 1.96. The lowest BCUT2D eigenvalue weighted by Crippen LogP contribution is -1.96. The van der Waals surface area contributed by atoms with E-state index in [1.54, 1.807) is 35.5 Å². The normalized spacial score (nSPS) is 10.6. The van der Waals surface area contributed by atoms with Gasteiger partial charge in [0.2, 0.25) is 0 Å². The van der Waals surface area contributed by atoms with E-state index in [4.69, 9.17) is 23.7 Å². The van der Waals surface area contributed by atoms with Gasteiger partial charge in [0, 0.05) is 15.2 Å². The van der Waals surface area contributed by atoms with E-state index < -0.39 is 0 Å². The maximum atomic E-state index is 5.61. The second kappa shape index (κ2) is 8.12. The minimum atomic E-state index is 0.625.